The van der Waals surface area contributed by atoms with Gasteiger partial charge in [-0.3, -0.25) is 4.98 Å². The van der Waals surface area contributed by atoms with Crippen LogP contribution in [0.15, 0.2) is 42.9 Å². The van der Waals surface area contributed by atoms with Gasteiger partial charge in [-0.15, -0.1) is 0 Å². The zero-order valence-corrected chi connectivity index (χ0v) is 13.4. The van der Waals surface area contributed by atoms with Crippen LogP contribution < -0.4 is 5.73 Å². The van der Waals surface area contributed by atoms with Gasteiger partial charge >= 0.3 is 0 Å². The molecule has 0 spiro atoms. The van der Waals surface area contributed by atoms with Crippen molar-refractivity contribution in [2.24, 2.45) is 0 Å². The summed E-state index contributed by atoms with van der Waals surface area (Å²) in [5.41, 5.74) is 13.0. The molecule has 0 bridgehead atoms. The molecule has 24 heavy (non-hydrogen) atoms. The van der Waals surface area contributed by atoms with Gasteiger partial charge in [0.1, 0.15) is 11.8 Å². The lowest BCUT2D eigenvalue weighted by molar-refractivity contribution is 0.735. The highest BCUT2D eigenvalue weighted by Crippen LogP contribution is 2.44. The number of rotatable bonds is 1. The van der Waals surface area contributed by atoms with Crippen molar-refractivity contribution in [2.75, 3.05) is 5.73 Å². The lowest BCUT2D eigenvalue weighted by Gasteiger charge is -2.09. The average molecular weight is 315 g/mol. The molecule has 0 aliphatic heterocycles. The molecule has 1 aliphatic rings. The number of nitrogens with two attached hydrogens (primary N) is 1. The normalized spacial score (nSPS) is 16.8. The Balaban J connectivity index is 1.90. The van der Waals surface area contributed by atoms with Gasteiger partial charge in [-0.05, 0) is 36.5 Å². The number of nitrogen functional groups attached to an aromatic ring is 1. The quantitative estimate of drug-likeness (QED) is 0.583. The third-order valence-corrected chi connectivity index (χ3v) is 5.08. The lowest BCUT2D eigenvalue weighted by atomic mass is 9.96. The Labute approximate surface area is 139 Å². The Morgan fingerprint density at radius 1 is 1.21 bits per heavy atom. The third-order valence-electron chi connectivity index (χ3n) is 5.08. The molecule has 1 aromatic carbocycles. The van der Waals surface area contributed by atoms with Crippen LogP contribution in [0.5, 0.6) is 0 Å². The Bertz CT molecular complexity index is 1100. The summed E-state index contributed by atoms with van der Waals surface area (Å²) in [5.74, 6) is 1.01. The van der Waals surface area contributed by atoms with E-state index in [1.165, 1.54) is 17.6 Å². The molecule has 3 aromatic heterocycles. The molecule has 4 aromatic rings. The van der Waals surface area contributed by atoms with Crippen molar-refractivity contribution in [3.63, 3.8) is 0 Å². The molecule has 0 saturated heterocycles. The van der Waals surface area contributed by atoms with E-state index in [9.17, 15) is 0 Å². The molecule has 0 unspecified atom stereocenters. The van der Waals surface area contributed by atoms with Crippen LogP contribution in [0, 0.1) is 0 Å². The van der Waals surface area contributed by atoms with Crippen molar-refractivity contribution in [3.05, 3.63) is 54.1 Å². The van der Waals surface area contributed by atoms with Crippen molar-refractivity contribution < 1.29 is 0 Å². The van der Waals surface area contributed by atoms with Gasteiger partial charge in [0.2, 0.25) is 0 Å². The number of anilines is 1. The number of aryl methyl sites for hydroxylation is 1. The second-order valence-electron chi connectivity index (χ2n) is 6.50. The highest BCUT2D eigenvalue weighted by atomic mass is 15.3. The van der Waals surface area contributed by atoms with Gasteiger partial charge in [-0.2, -0.15) is 5.10 Å². The fraction of sp³-hybridized carbons (Fsp3) is 0.211. The maximum absolute atomic E-state index is 6.22. The summed E-state index contributed by atoms with van der Waals surface area (Å²) >= 11 is 0. The molecule has 118 valence electrons. The number of para-hydroxylation sites is 1. The second-order valence-corrected chi connectivity index (χ2v) is 6.50. The number of nitrogens with zero attached hydrogens (tertiary/aromatic N) is 4. The highest BCUT2D eigenvalue weighted by Gasteiger charge is 2.30. The third kappa shape index (κ3) is 1.72. The first-order valence-corrected chi connectivity index (χ1v) is 8.23. The standard InChI is InChI=1S/C19H17N5/c1-11-6-7-15-16(11)17(18-19(20)22-10-23-24(15)18)13-8-12-4-2-3-5-14(12)21-9-13/h2-5,8-11H,6-7H2,1H3,(H2,20,22,23)/t11-/m1/s1. The molecule has 1 aliphatic carbocycles. The summed E-state index contributed by atoms with van der Waals surface area (Å²) in [6.07, 6.45) is 5.64. The number of hydrogen-bond acceptors (Lipinski definition) is 4. The summed E-state index contributed by atoms with van der Waals surface area (Å²) in [4.78, 5) is 8.85. The zero-order valence-electron chi connectivity index (χ0n) is 13.4. The van der Waals surface area contributed by atoms with Crippen molar-refractivity contribution in [1.82, 2.24) is 19.6 Å². The van der Waals surface area contributed by atoms with E-state index >= 15 is 0 Å². The molecule has 2 N–H and O–H groups in total. The van der Waals surface area contributed by atoms with E-state index in [0.717, 1.165) is 40.4 Å². The minimum Gasteiger partial charge on any atom is -0.382 e. The molecule has 0 fully saturated rings. The molecule has 0 radical (unpaired) electrons. The Morgan fingerprint density at radius 3 is 3.00 bits per heavy atom. The van der Waals surface area contributed by atoms with E-state index in [2.05, 4.69) is 34.1 Å². The number of fused-ring (bicyclic) bond motifs is 4. The molecule has 1 atom stereocenters. The van der Waals surface area contributed by atoms with Crippen LogP contribution in [0.2, 0.25) is 0 Å². The second kappa shape index (κ2) is 4.77. The van der Waals surface area contributed by atoms with Crippen molar-refractivity contribution in [2.45, 2.75) is 25.7 Å². The van der Waals surface area contributed by atoms with Gasteiger partial charge in [0.15, 0.2) is 5.82 Å². The number of aromatic nitrogens is 4. The Morgan fingerprint density at radius 2 is 2.08 bits per heavy atom. The van der Waals surface area contributed by atoms with Crippen LogP contribution in [0.1, 0.15) is 30.5 Å². The van der Waals surface area contributed by atoms with Gasteiger partial charge < -0.3 is 5.73 Å². The van der Waals surface area contributed by atoms with Gasteiger partial charge in [0.05, 0.1) is 5.52 Å². The number of pyridine rings is 1. The zero-order chi connectivity index (χ0) is 16.3. The SMILES string of the molecule is C[C@@H]1CCc2c1c(-c1cnc3ccccc3c1)c1c(N)ncnn21. The molecule has 5 nitrogen and oxygen atoms in total. The smallest absolute Gasteiger partial charge is 0.151 e. The highest BCUT2D eigenvalue weighted by molar-refractivity contribution is 5.94. The Kier molecular flexibility index (Phi) is 2.68. The average Bonchev–Trinajstić information content (AvgIpc) is 3.14. The van der Waals surface area contributed by atoms with Crippen LogP contribution in [-0.2, 0) is 6.42 Å². The molecule has 0 amide bonds. The summed E-state index contributed by atoms with van der Waals surface area (Å²) in [7, 11) is 0. The van der Waals surface area contributed by atoms with E-state index in [0.29, 0.717) is 11.7 Å². The summed E-state index contributed by atoms with van der Waals surface area (Å²) in [6, 6.07) is 10.4. The lowest BCUT2D eigenvalue weighted by Crippen LogP contribution is -2.01. The van der Waals surface area contributed by atoms with Gasteiger partial charge in [0, 0.05) is 28.4 Å². The van der Waals surface area contributed by atoms with Gasteiger partial charge in [-0.25, -0.2) is 9.50 Å². The predicted molar refractivity (Wildman–Crippen MR) is 94.9 cm³/mol. The monoisotopic (exact) mass is 315 g/mol. The first-order chi connectivity index (χ1) is 11.7. The van der Waals surface area contributed by atoms with Crippen molar-refractivity contribution >= 4 is 22.2 Å². The number of hydrogen-bond donors (Lipinski definition) is 1. The minimum atomic E-state index is 0.488. The predicted octanol–water partition coefficient (Wildman–Crippen LogP) is 3.58. The molecular formula is C19H17N5. The maximum atomic E-state index is 6.22. The van der Waals surface area contributed by atoms with E-state index < -0.39 is 0 Å². The molecule has 5 heteroatoms. The maximum Gasteiger partial charge on any atom is 0.151 e. The topological polar surface area (TPSA) is 69.1 Å². The van der Waals surface area contributed by atoms with Crippen molar-refractivity contribution in [3.8, 4) is 11.1 Å². The van der Waals surface area contributed by atoms with Gasteiger partial charge in [0.25, 0.3) is 0 Å². The van der Waals surface area contributed by atoms with Gasteiger partial charge in [-0.1, -0.05) is 25.1 Å². The largest absolute Gasteiger partial charge is 0.382 e. The minimum absolute atomic E-state index is 0.488. The van der Waals surface area contributed by atoms with E-state index in [1.807, 2.05) is 28.9 Å². The molecule has 5 rings (SSSR count). The fourth-order valence-electron chi connectivity index (χ4n) is 3.96. The van der Waals surface area contributed by atoms with Crippen molar-refractivity contribution in [1.29, 1.82) is 0 Å². The molecule has 0 saturated carbocycles. The summed E-state index contributed by atoms with van der Waals surface area (Å²) in [5, 5.41) is 5.59. The van der Waals surface area contributed by atoms with E-state index in [1.54, 1.807) is 0 Å². The number of benzene rings is 1. The van der Waals surface area contributed by atoms with E-state index in [-0.39, 0.29) is 0 Å². The van der Waals surface area contributed by atoms with Crippen LogP contribution in [0.25, 0.3) is 27.5 Å². The Hall–Kier alpha value is -2.95. The summed E-state index contributed by atoms with van der Waals surface area (Å²) < 4.78 is 1.98. The fourth-order valence-corrected chi connectivity index (χ4v) is 3.96. The summed E-state index contributed by atoms with van der Waals surface area (Å²) in [6.45, 7) is 2.27. The van der Waals surface area contributed by atoms with Crippen LogP contribution in [0.3, 0.4) is 0 Å². The molecule has 3 heterocycles. The van der Waals surface area contributed by atoms with E-state index in [4.69, 9.17) is 5.73 Å². The van der Waals surface area contributed by atoms with Crippen LogP contribution in [-0.4, -0.2) is 19.6 Å². The first kappa shape index (κ1) is 13.5. The van der Waals surface area contributed by atoms with Crippen LogP contribution >= 0.6 is 0 Å². The molecular weight excluding hydrogens is 298 g/mol. The first-order valence-electron chi connectivity index (χ1n) is 8.23. The van der Waals surface area contributed by atoms with Crippen LogP contribution in [0.4, 0.5) is 5.82 Å².